The Balaban J connectivity index is 0.000000427. The zero-order chi connectivity index (χ0) is 49.4. The van der Waals surface area contributed by atoms with Crippen LogP contribution in [0, 0.1) is 0 Å². The summed E-state index contributed by atoms with van der Waals surface area (Å²) in [6, 6.07) is 28.8. The lowest BCUT2D eigenvalue weighted by atomic mass is 10.00. The third-order valence-corrected chi connectivity index (χ3v) is 10.1. The van der Waals surface area contributed by atoms with Crippen molar-refractivity contribution in [3.63, 3.8) is 0 Å². The van der Waals surface area contributed by atoms with Gasteiger partial charge in [-0.05, 0) is 176 Å². The highest BCUT2D eigenvalue weighted by Crippen LogP contribution is 2.24. The Morgan fingerprint density at radius 1 is 0.422 bits per heavy atom. The number of benzene rings is 4. The Morgan fingerprint density at radius 3 is 0.906 bits per heavy atom. The van der Waals surface area contributed by atoms with E-state index < -0.39 is 18.3 Å². The van der Waals surface area contributed by atoms with Crippen molar-refractivity contribution in [2.75, 3.05) is 0 Å². The van der Waals surface area contributed by atoms with Gasteiger partial charge in [-0.2, -0.15) is 0 Å². The van der Waals surface area contributed by atoms with Gasteiger partial charge in [0.1, 0.15) is 0 Å². The molecule has 0 fully saturated rings. The van der Waals surface area contributed by atoms with Crippen LogP contribution in [0.15, 0.2) is 97.1 Å². The van der Waals surface area contributed by atoms with E-state index >= 15 is 0 Å². The molecule has 64 heavy (non-hydrogen) atoms. The lowest BCUT2D eigenvalue weighted by Gasteiger charge is -2.29. The number of hydrogen-bond acceptors (Lipinski definition) is 8. The molecule has 0 aliphatic carbocycles. The van der Waals surface area contributed by atoms with E-state index in [2.05, 4.69) is 83.6 Å². The van der Waals surface area contributed by atoms with Crippen molar-refractivity contribution in [1.82, 2.24) is 21.3 Å². The lowest BCUT2D eigenvalue weighted by Crippen LogP contribution is -2.46. The summed E-state index contributed by atoms with van der Waals surface area (Å²) in [5.74, 6) is 0.0671. The fourth-order valence-electron chi connectivity index (χ4n) is 6.83. The van der Waals surface area contributed by atoms with Gasteiger partial charge < -0.3 is 36.6 Å². The van der Waals surface area contributed by atoms with E-state index in [1.807, 2.05) is 84.9 Å². The average molecular weight is 965 g/mol. The molecule has 4 rings (SSSR count). The maximum absolute atomic E-state index is 12.1. The minimum absolute atomic E-state index is 0.0149. The molecule has 8 nitrogen and oxygen atoms in total. The molecule has 0 saturated carbocycles. The molecule has 0 amide bonds. The summed E-state index contributed by atoms with van der Waals surface area (Å²) in [6.45, 7) is 32.6. The number of ketones is 1. The van der Waals surface area contributed by atoms with Crippen molar-refractivity contribution in [2.24, 2.45) is 0 Å². The highest BCUT2D eigenvalue weighted by Gasteiger charge is 2.24. The molecule has 0 aliphatic rings. The normalized spacial score (nSPS) is 15.3. The molecule has 358 valence electrons. The summed E-state index contributed by atoms with van der Waals surface area (Å²) in [4.78, 5) is 12.1. The number of hydrogen-bond donors (Lipinski definition) is 7. The van der Waals surface area contributed by atoms with Crippen LogP contribution < -0.4 is 21.3 Å². The Bertz CT molecular complexity index is 1820. The summed E-state index contributed by atoms with van der Waals surface area (Å²) in [5, 5.41) is 46.3. The SMILES string of the molecule is CC(NC(C)(C)C)C(=O)c1cccc(Cl)c1.C[C@@H](NC(C)(C)C)[C@@H](O)c1cccc(Cl)c1.C[C@@H](NC(C)(C)C)[C@H](O)c1cccc(Cl)c1.C[C@@H](NC(C)(C)C)[C@H](O)c1cccc(Cl)c1. The zero-order valence-corrected chi connectivity index (χ0v) is 44.1. The third kappa shape index (κ3) is 25.4. The topological polar surface area (TPSA) is 126 Å². The predicted octanol–water partition coefficient (Wildman–Crippen LogP) is 12.7. The first-order chi connectivity index (χ1) is 29.2. The first kappa shape index (κ1) is 59.4. The molecule has 12 heteroatoms. The summed E-state index contributed by atoms with van der Waals surface area (Å²) < 4.78 is 0. The van der Waals surface area contributed by atoms with Crippen molar-refractivity contribution in [2.45, 2.75) is 175 Å². The molecular formula is C52H78Cl4N4O4. The number of rotatable bonds is 12. The Hall–Kier alpha value is -2.57. The highest BCUT2D eigenvalue weighted by molar-refractivity contribution is 6.31. The average Bonchev–Trinajstić information content (AvgIpc) is 3.14. The smallest absolute Gasteiger partial charge is 0.179 e. The van der Waals surface area contributed by atoms with Crippen LogP contribution in [0.25, 0.3) is 0 Å². The first-order valence-corrected chi connectivity index (χ1v) is 23.4. The van der Waals surface area contributed by atoms with Gasteiger partial charge in [-0.3, -0.25) is 4.79 Å². The molecule has 0 radical (unpaired) electrons. The van der Waals surface area contributed by atoms with Crippen LogP contribution >= 0.6 is 46.4 Å². The van der Waals surface area contributed by atoms with Crippen LogP contribution in [0.1, 0.15) is 156 Å². The number of aliphatic hydroxyl groups is 3. The van der Waals surface area contributed by atoms with Crippen molar-refractivity contribution in [3.8, 4) is 0 Å². The Kier molecular flexibility index (Phi) is 24.8. The summed E-state index contributed by atoms with van der Waals surface area (Å²) in [5.41, 5.74) is 3.06. The van der Waals surface area contributed by atoms with E-state index in [9.17, 15) is 20.1 Å². The largest absolute Gasteiger partial charge is 0.387 e. The van der Waals surface area contributed by atoms with E-state index in [1.54, 1.807) is 60.7 Å². The molecule has 1 unspecified atom stereocenters. The highest BCUT2D eigenvalue weighted by atomic mass is 35.5. The van der Waals surface area contributed by atoms with E-state index in [-0.39, 0.29) is 52.1 Å². The number of nitrogens with one attached hydrogen (secondary N) is 4. The third-order valence-electron chi connectivity index (χ3n) is 9.13. The van der Waals surface area contributed by atoms with Gasteiger partial charge in [-0.25, -0.2) is 0 Å². The molecule has 0 aromatic heterocycles. The monoisotopic (exact) mass is 962 g/mol. The second-order valence-electron chi connectivity index (χ2n) is 20.5. The van der Waals surface area contributed by atoms with Gasteiger partial charge in [0.2, 0.25) is 0 Å². The molecule has 7 atom stereocenters. The van der Waals surface area contributed by atoms with Crippen molar-refractivity contribution < 1.29 is 20.1 Å². The molecule has 0 heterocycles. The molecular weight excluding hydrogens is 886 g/mol. The van der Waals surface area contributed by atoms with Gasteiger partial charge in [-0.1, -0.05) is 94.9 Å². The van der Waals surface area contributed by atoms with Crippen molar-refractivity contribution in [3.05, 3.63) is 139 Å². The van der Waals surface area contributed by atoms with Crippen molar-refractivity contribution in [1.29, 1.82) is 0 Å². The second kappa shape index (κ2) is 26.7. The van der Waals surface area contributed by atoms with Crippen LogP contribution in [0.5, 0.6) is 0 Å². The number of halogens is 4. The molecule has 4 aromatic carbocycles. The Labute approximate surface area is 406 Å². The molecule has 0 bridgehead atoms. The number of Topliss-reactive ketones (excluding diaryl/α,β-unsaturated/α-hetero) is 1. The van der Waals surface area contributed by atoms with Crippen LogP contribution in [-0.4, -0.2) is 67.4 Å². The fourth-order valence-corrected chi connectivity index (χ4v) is 7.62. The van der Waals surface area contributed by atoms with E-state index in [0.29, 0.717) is 25.7 Å². The van der Waals surface area contributed by atoms with E-state index in [4.69, 9.17) is 46.4 Å². The standard InChI is InChI=1S/3C13H20ClNO.C13H18ClNO/c4*1-9(15-13(2,3)4)12(16)10-6-5-7-11(14)8-10/h3*5-9,12,15-16H,1-4H3;5-9,15H,1-4H3/t2*9-,12+;9-,12-;/m111./s1. The minimum Gasteiger partial charge on any atom is -0.387 e. The van der Waals surface area contributed by atoms with E-state index in [1.165, 1.54) is 0 Å². The zero-order valence-electron chi connectivity index (χ0n) is 41.0. The fraction of sp³-hybridized carbons (Fsp3) is 0.519. The minimum atomic E-state index is -0.544. The van der Waals surface area contributed by atoms with Crippen LogP contribution in [0.3, 0.4) is 0 Å². The van der Waals surface area contributed by atoms with E-state index in [0.717, 1.165) is 16.7 Å². The van der Waals surface area contributed by atoms with Gasteiger partial charge in [0, 0.05) is 65.9 Å². The first-order valence-electron chi connectivity index (χ1n) is 21.9. The van der Waals surface area contributed by atoms with Gasteiger partial charge >= 0.3 is 0 Å². The maximum atomic E-state index is 12.1. The predicted molar refractivity (Wildman–Crippen MR) is 274 cm³/mol. The quantitative estimate of drug-likeness (QED) is 0.0700. The molecule has 0 aliphatic heterocycles. The summed E-state index contributed by atoms with van der Waals surface area (Å²) >= 11 is 23.5. The van der Waals surface area contributed by atoms with Crippen LogP contribution in [0.4, 0.5) is 0 Å². The number of carbonyl (C=O) groups excluding carboxylic acids is 1. The molecule has 4 aromatic rings. The summed E-state index contributed by atoms with van der Waals surface area (Å²) in [6.07, 6.45) is -1.63. The molecule has 0 saturated heterocycles. The second-order valence-corrected chi connectivity index (χ2v) is 22.3. The van der Waals surface area contributed by atoms with Crippen LogP contribution in [-0.2, 0) is 0 Å². The molecule has 7 N–H and O–H groups in total. The maximum Gasteiger partial charge on any atom is 0.179 e. The van der Waals surface area contributed by atoms with Gasteiger partial charge in [-0.15, -0.1) is 0 Å². The van der Waals surface area contributed by atoms with Gasteiger partial charge in [0.15, 0.2) is 5.78 Å². The number of aliphatic hydroxyl groups excluding tert-OH is 3. The Morgan fingerprint density at radius 2 is 0.672 bits per heavy atom. The lowest BCUT2D eigenvalue weighted by molar-refractivity contribution is 0.0935. The van der Waals surface area contributed by atoms with Crippen LogP contribution in [0.2, 0.25) is 20.1 Å². The van der Waals surface area contributed by atoms with Gasteiger partial charge in [0.05, 0.1) is 24.4 Å². The van der Waals surface area contributed by atoms with Crippen molar-refractivity contribution >= 4 is 52.2 Å². The number of carbonyl (C=O) groups is 1. The molecule has 0 spiro atoms. The summed E-state index contributed by atoms with van der Waals surface area (Å²) in [7, 11) is 0. The van der Waals surface area contributed by atoms with Gasteiger partial charge in [0.25, 0.3) is 0 Å².